The third-order valence-electron chi connectivity index (χ3n) is 4.49. The van der Waals surface area contributed by atoms with Crippen LogP contribution in [0.3, 0.4) is 0 Å². The van der Waals surface area contributed by atoms with Gasteiger partial charge in [-0.25, -0.2) is 0 Å². The maximum Gasteiger partial charge on any atom is 0.435 e. The first-order valence-electron chi connectivity index (χ1n) is 8.65. The van der Waals surface area contributed by atoms with Crippen LogP contribution in [0.25, 0.3) is 0 Å². The van der Waals surface area contributed by atoms with Gasteiger partial charge in [-0.1, -0.05) is 6.92 Å². The maximum atomic E-state index is 12.7. The number of nitrogens with one attached hydrogen (secondary N) is 1. The van der Waals surface area contributed by atoms with Crippen molar-refractivity contribution in [2.24, 2.45) is 13.0 Å². The topological polar surface area (TPSA) is 89.1 Å². The summed E-state index contributed by atoms with van der Waals surface area (Å²) in [6, 6.07) is 0.0429. The molecule has 0 bridgehead atoms. The summed E-state index contributed by atoms with van der Waals surface area (Å²) < 4.78 is 44.3. The summed E-state index contributed by atoms with van der Waals surface area (Å²) in [6.45, 7) is 5.43. The Kier molecular flexibility index (Phi) is 5.11. The monoisotopic (exact) mass is 386 g/mol. The number of piperidine rings is 1. The van der Waals surface area contributed by atoms with Crippen LogP contribution in [0, 0.1) is 5.92 Å². The Bertz CT molecular complexity index is 815. The van der Waals surface area contributed by atoms with Crippen molar-refractivity contribution in [1.82, 2.24) is 25.2 Å². The third kappa shape index (κ3) is 4.22. The van der Waals surface area contributed by atoms with Gasteiger partial charge in [0.2, 0.25) is 0 Å². The number of aryl methyl sites for hydroxylation is 1. The smallest absolute Gasteiger partial charge is 0.339 e. The fourth-order valence-corrected chi connectivity index (χ4v) is 3.05. The molecule has 2 atom stereocenters. The molecule has 1 amide bonds. The lowest BCUT2D eigenvalue weighted by Crippen LogP contribution is -2.35. The molecule has 3 rings (SSSR count). The second-order valence-corrected chi connectivity index (χ2v) is 6.86. The third-order valence-corrected chi connectivity index (χ3v) is 4.49. The molecule has 2 aromatic rings. The Hall–Kier alpha value is -2.59. The van der Waals surface area contributed by atoms with Gasteiger partial charge >= 0.3 is 6.18 Å². The first-order chi connectivity index (χ1) is 12.6. The van der Waals surface area contributed by atoms with Crippen molar-refractivity contribution >= 4 is 11.9 Å². The zero-order chi connectivity index (χ0) is 19.8. The highest BCUT2D eigenvalue weighted by molar-refractivity contribution is 5.92. The van der Waals surface area contributed by atoms with Crippen LogP contribution in [-0.4, -0.2) is 38.9 Å². The van der Waals surface area contributed by atoms with Crippen molar-refractivity contribution in [2.45, 2.75) is 38.9 Å². The lowest BCUT2D eigenvalue weighted by Gasteiger charge is -2.29. The van der Waals surface area contributed by atoms with Crippen molar-refractivity contribution in [3.05, 3.63) is 23.3 Å². The summed E-state index contributed by atoms with van der Waals surface area (Å²) in [5.41, 5.74) is -1.33. The largest absolute Gasteiger partial charge is 0.435 e. The molecule has 0 aliphatic carbocycles. The molecule has 1 fully saturated rings. The van der Waals surface area contributed by atoms with Gasteiger partial charge in [-0.2, -0.15) is 23.3 Å². The van der Waals surface area contributed by atoms with Gasteiger partial charge in [0.1, 0.15) is 11.7 Å². The predicted molar refractivity (Wildman–Crippen MR) is 89.0 cm³/mol. The minimum atomic E-state index is -4.62. The van der Waals surface area contributed by atoms with Gasteiger partial charge in [-0.3, -0.25) is 9.48 Å². The van der Waals surface area contributed by atoms with E-state index >= 15 is 0 Å². The normalized spacial score (nSPS) is 19.2. The lowest BCUT2D eigenvalue weighted by molar-refractivity contribution is -0.141. The van der Waals surface area contributed by atoms with Crippen LogP contribution in [0.1, 0.15) is 54.8 Å². The summed E-state index contributed by atoms with van der Waals surface area (Å²) in [5.74, 6) is 0.470. The molecule has 1 saturated heterocycles. The van der Waals surface area contributed by atoms with Crippen LogP contribution in [0.2, 0.25) is 0 Å². The van der Waals surface area contributed by atoms with Crippen molar-refractivity contribution in [2.75, 3.05) is 18.0 Å². The van der Waals surface area contributed by atoms with Crippen LogP contribution < -0.4 is 10.2 Å². The molecular formula is C16H21F3N6O2. The van der Waals surface area contributed by atoms with E-state index in [1.807, 2.05) is 4.90 Å². The van der Waals surface area contributed by atoms with E-state index in [0.717, 1.165) is 30.6 Å². The molecule has 1 N–H and O–H groups in total. The Morgan fingerprint density at radius 3 is 2.81 bits per heavy atom. The number of alkyl halides is 3. The van der Waals surface area contributed by atoms with Gasteiger partial charge in [-0.15, -0.1) is 0 Å². The molecule has 0 aromatic carbocycles. The number of nitrogens with zero attached hydrogens (tertiary/aromatic N) is 5. The number of hydrogen-bond donors (Lipinski definition) is 1. The fraction of sp³-hybridized carbons (Fsp3) is 0.625. The van der Waals surface area contributed by atoms with Gasteiger partial charge in [0.05, 0.1) is 0 Å². The Morgan fingerprint density at radius 2 is 2.19 bits per heavy atom. The van der Waals surface area contributed by atoms with E-state index in [9.17, 15) is 18.0 Å². The number of hydrogen-bond acceptors (Lipinski definition) is 6. The molecule has 148 valence electrons. The predicted octanol–water partition coefficient (Wildman–Crippen LogP) is 2.55. The van der Waals surface area contributed by atoms with Crippen molar-refractivity contribution in [3.8, 4) is 0 Å². The Morgan fingerprint density at radius 1 is 1.44 bits per heavy atom. The maximum absolute atomic E-state index is 12.7. The minimum absolute atomic E-state index is 0.190. The molecule has 8 nitrogen and oxygen atoms in total. The number of rotatable bonds is 4. The molecular weight excluding hydrogens is 365 g/mol. The molecule has 27 heavy (non-hydrogen) atoms. The van der Waals surface area contributed by atoms with Gasteiger partial charge in [-0.05, 0) is 30.8 Å². The average molecular weight is 386 g/mol. The summed E-state index contributed by atoms with van der Waals surface area (Å²) in [6.07, 6.45) is -2.42. The van der Waals surface area contributed by atoms with Crippen LogP contribution in [-0.2, 0) is 13.2 Å². The number of halogens is 3. The van der Waals surface area contributed by atoms with Gasteiger partial charge in [0.15, 0.2) is 5.69 Å². The summed E-state index contributed by atoms with van der Waals surface area (Å²) in [4.78, 5) is 18.6. The van der Waals surface area contributed by atoms with Gasteiger partial charge in [0, 0.05) is 26.2 Å². The first-order valence-corrected chi connectivity index (χ1v) is 8.65. The van der Waals surface area contributed by atoms with Crippen LogP contribution in [0.15, 0.2) is 10.6 Å². The Balaban J connectivity index is 1.68. The molecule has 1 aliphatic rings. The second kappa shape index (κ2) is 7.20. The molecule has 0 saturated carbocycles. The number of carbonyl (C=O) groups excluding carboxylic acids is 1. The summed E-state index contributed by atoms with van der Waals surface area (Å²) in [5, 5.41) is 9.84. The molecule has 1 unspecified atom stereocenters. The van der Waals surface area contributed by atoms with Crippen LogP contribution in [0.4, 0.5) is 19.1 Å². The zero-order valence-electron chi connectivity index (χ0n) is 15.2. The second-order valence-electron chi connectivity index (χ2n) is 6.86. The SMILES string of the molecule is CC1CCCN(c2noc([C@H](C)NC(=O)c3cc(C(F)(F)F)nn3C)n2)C1. The first kappa shape index (κ1) is 19.2. The standard InChI is InChI=1S/C16H21F3N6O2/c1-9-5-4-6-25(8-9)15-21-14(27-23-15)10(2)20-13(26)11-7-12(16(17,18)19)22-24(11)3/h7,9-10H,4-6,8H2,1-3H3,(H,20,26)/t9?,10-/m0/s1. The van der Waals surface area contributed by atoms with Crippen LogP contribution >= 0.6 is 0 Å². The van der Waals surface area contributed by atoms with Gasteiger partial charge in [0.25, 0.3) is 17.7 Å². The molecule has 0 radical (unpaired) electrons. The molecule has 2 aromatic heterocycles. The van der Waals surface area contributed by atoms with E-state index < -0.39 is 23.8 Å². The highest BCUT2D eigenvalue weighted by atomic mass is 19.4. The van der Waals surface area contributed by atoms with Gasteiger partial charge < -0.3 is 14.7 Å². The molecule has 1 aliphatic heterocycles. The number of carbonyl (C=O) groups is 1. The minimum Gasteiger partial charge on any atom is -0.339 e. The highest BCUT2D eigenvalue weighted by Crippen LogP contribution is 2.28. The fourth-order valence-electron chi connectivity index (χ4n) is 3.05. The van der Waals surface area contributed by atoms with E-state index in [2.05, 4.69) is 27.5 Å². The Labute approximate surface area is 153 Å². The summed E-state index contributed by atoms with van der Waals surface area (Å²) in [7, 11) is 1.27. The average Bonchev–Trinajstić information content (AvgIpc) is 3.21. The van der Waals surface area contributed by atoms with Crippen molar-refractivity contribution in [3.63, 3.8) is 0 Å². The zero-order valence-corrected chi connectivity index (χ0v) is 15.2. The molecule has 11 heteroatoms. The van der Waals surface area contributed by atoms with Crippen molar-refractivity contribution in [1.29, 1.82) is 0 Å². The van der Waals surface area contributed by atoms with E-state index in [1.165, 1.54) is 7.05 Å². The van der Waals surface area contributed by atoms with E-state index in [0.29, 0.717) is 17.9 Å². The number of anilines is 1. The molecule has 3 heterocycles. The van der Waals surface area contributed by atoms with E-state index in [4.69, 9.17) is 4.52 Å². The molecule has 0 spiro atoms. The van der Waals surface area contributed by atoms with Crippen molar-refractivity contribution < 1.29 is 22.5 Å². The quantitative estimate of drug-likeness (QED) is 0.869. The van der Waals surface area contributed by atoms with Crippen LogP contribution in [0.5, 0.6) is 0 Å². The lowest BCUT2D eigenvalue weighted by atomic mass is 10.0. The summed E-state index contributed by atoms with van der Waals surface area (Å²) >= 11 is 0. The van der Waals surface area contributed by atoms with E-state index in [1.54, 1.807) is 6.92 Å². The highest BCUT2D eigenvalue weighted by Gasteiger charge is 2.35. The number of amides is 1. The number of aromatic nitrogens is 4. The van der Waals surface area contributed by atoms with E-state index in [-0.39, 0.29) is 11.6 Å².